The van der Waals surface area contributed by atoms with Crippen molar-refractivity contribution in [3.8, 4) is 0 Å². The largest absolute Gasteiger partial charge is 0.378 e. The van der Waals surface area contributed by atoms with Gasteiger partial charge in [0.25, 0.3) is 0 Å². The Morgan fingerprint density at radius 2 is 2.00 bits per heavy atom. The molecule has 0 atom stereocenters. The second kappa shape index (κ2) is 9.73. The molecule has 0 amide bonds. The third-order valence-electron chi connectivity index (χ3n) is 4.65. The van der Waals surface area contributed by atoms with Crippen molar-refractivity contribution < 1.29 is 9.13 Å². The number of rotatable bonds is 6. The van der Waals surface area contributed by atoms with E-state index in [-0.39, 0.29) is 0 Å². The van der Waals surface area contributed by atoms with E-state index < -0.39 is 5.95 Å². The van der Waals surface area contributed by atoms with E-state index in [0.717, 1.165) is 17.0 Å². The van der Waals surface area contributed by atoms with E-state index in [0.29, 0.717) is 48.7 Å². The third kappa shape index (κ3) is 5.17. The van der Waals surface area contributed by atoms with Gasteiger partial charge < -0.3 is 9.64 Å². The minimum absolute atomic E-state index is 0.520. The van der Waals surface area contributed by atoms with Crippen LogP contribution in [-0.4, -0.2) is 47.0 Å². The SMILES string of the molecule is Fc1cc(N2CCOCC2)c(N/N=C(/Cc2ccccn2)c2ccnc(Br)c2)cn1. The zero-order valence-electron chi connectivity index (χ0n) is 16.1. The highest BCUT2D eigenvalue weighted by Crippen LogP contribution is 2.27. The zero-order chi connectivity index (χ0) is 20.8. The molecule has 3 aromatic heterocycles. The first-order valence-electron chi connectivity index (χ1n) is 9.52. The van der Waals surface area contributed by atoms with Crippen LogP contribution in [0.2, 0.25) is 0 Å². The summed E-state index contributed by atoms with van der Waals surface area (Å²) in [5.74, 6) is -0.530. The number of ether oxygens (including phenoxy) is 1. The van der Waals surface area contributed by atoms with Crippen LogP contribution in [0, 0.1) is 5.95 Å². The molecular formula is C21H20BrFN6O. The van der Waals surface area contributed by atoms with Crippen LogP contribution in [0.4, 0.5) is 15.8 Å². The van der Waals surface area contributed by atoms with Crippen LogP contribution in [0.5, 0.6) is 0 Å². The molecule has 0 saturated carbocycles. The first kappa shape index (κ1) is 20.4. The highest BCUT2D eigenvalue weighted by molar-refractivity contribution is 9.10. The molecule has 1 aliphatic rings. The summed E-state index contributed by atoms with van der Waals surface area (Å²) in [5, 5.41) is 4.64. The second-order valence-electron chi connectivity index (χ2n) is 6.66. The third-order valence-corrected chi connectivity index (χ3v) is 5.08. The summed E-state index contributed by atoms with van der Waals surface area (Å²) in [7, 11) is 0. The molecule has 0 unspecified atom stereocenters. The predicted molar refractivity (Wildman–Crippen MR) is 117 cm³/mol. The number of nitrogens with zero attached hydrogens (tertiary/aromatic N) is 5. The van der Waals surface area contributed by atoms with Crippen molar-refractivity contribution in [1.29, 1.82) is 0 Å². The minimum Gasteiger partial charge on any atom is -0.378 e. The van der Waals surface area contributed by atoms with Crippen molar-refractivity contribution in [3.05, 3.63) is 76.8 Å². The topological polar surface area (TPSA) is 75.5 Å². The monoisotopic (exact) mass is 470 g/mol. The maximum absolute atomic E-state index is 13.8. The van der Waals surface area contributed by atoms with Crippen LogP contribution < -0.4 is 10.3 Å². The molecule has 0 bridgehead atoms. The lowest BCUT2D eigenvalue weighted by Crippen LogP contribution is -2.36. The number of hydrazone groups is 1. The van der Waals surface area contributed by atoms with Gasteiger partial charge in [-0.1, -0.05) is 6.07 Å². The fraction of sp³-hybridized carbons (Fsp3) is 0.238. The lowest BCUT2D eigenvalue weighted by atomic mass is 10.1. The van der Waals surface area contributed by atoms with Gasteiger partial charge in [-0.2, -0.15) is 9.49 Å². The van der Waals surface area contributed by atoms with Crippen LogP contribution in [0.1, 0.15) is 11.3 Å². The quantitative estimate of drug-likeness (QED) is 0.336. The van der Waals surface area contributed by atoms with Crippen LogP contribution >= 0.6 is 15.9 Å². The van der Waals surface area contributed by atoms with Gasteiger partial charge in [0.2, 0.25) is 5.95 Å². The minimum atomic E-state index is -0.530. The molecule has 0 spiro atoms. The first-order chi connectivity index (χ1) is 14.7. The number of nitrogens with one attached hydrogen (secondary N) is 1. The standard InChI is InChI=1S/C21H20BrFN6O/c22-20-11-15(4-6-25-20)17(12-16-3-1-2-5-24-16)27-28-18-14-26-21(23)13-19(18)29-7-9-30-10-8-29/h1-6,11,13-14,28H,7-10,12H2/b27-17-. The molecule has 9 heteroatoms. The molecule has 4 heterocycles. The Labute approximate surface area is 182 Å². The average molecular weight is 471 g/mol. The van der Waals surface area contributed by atoms with Crippen molar-refractivity contribution in [2.24, 2.45) is 5.10 Å². The number of pyridine rings is 3. The van der Waals surface area contributed by atoms with Gasteiger partial charge in [-0.3, -0.25) is 10.4 Å². The van der Waals surface area contributed by atoms with E-state index in [2.05, 4.69) is 46.3 Å². The van der Waals surface area contributed by atoms with Gasteiger partial charge in [-0.05, 0) is 40.2 Å². The van der Waals surface area contributed by atoms with E-state index in [9.17, 15) is 4.39 Å². The molecule has 4 rings (SSSR count). The highest BCUT2D eigenvalue weighted by Gasteiger charge is 2.17. The van der Waals surface area contributed by atoms with E-state index in [1.807, 2.05) is 30.3 Å². The Morgan fingerprint density at radius 3 is 2.77 bits per heavy atom. The summed E-state index contributed by atoms with van der Waals surface area (Å²) in [5.41, 5.74) is 6.99. The van der Waals surface area contributed by atoms with Gasteiger partial charge in [0, 0.05) is 49.2 Å². The lowest BCUT2D eigenvalue weighted by Gasteiger charge is -2.30. The van der Waals surface area contributed by atoms with Crippen LogP contribution in [0.3, 0.4) is 0 Å². The summed E-state index contributed by atoms with van der Waals surface area (Å²) in [6, 6.07) is 11.0. The zero-order valence-corrected chi connectivity index (χ0v) is 17.7. The summed E-state index contributed by atoms with van der Waals surface area (Å²) < 4.78 is 20.0. The van der Waals surface area contributed by atoms with Gasteiger partial charge in [-0.15, -0.1) is 0 Å². The summed E-state index contributed by atoms with van der Waals surface area (Å²) in [6.45, 7) is 2.56. The summed E-state index contributed by atoms with van der Waals surface area (Å²) >= 11 is 3.41. The smallest absolute Gasteiger partial charge is 0.215 e. The highest BCUT2D eigenvalue weighted by atomic mass is 79.9. The number of halogens is 2. The van der Waals surface area contributed by atoms with Gasteiger partial charge >= 0.3 is 0 Å². The Hall–Kier alpha value is -2.91. The number of hydrogen-bond acceptors (Lipinski definition) is 7. The van der Waals surface area contributed by atoms with Gasteiger partial charge in [0.15, 0.2) is 0 Å². The summed E-state index contributed by atoms with van der Waals surface area (Å²) in [6.07, 6.45) is 5.45. The molecule has 0 aromatic carbocycles. The Balaban J connectivity index is 1.65. The van der Waals surface area contributed by atoms with E-state index in [1.54, 1.807) is 12.4 Å². The average Bonchev–Trinajstić information content (AvgIpc) is 2.78. The van der Waals surface area contributed by atoms with Crippen molar-refractivity contribution in [3.63, 3.8) is 0 Å². The molecule has 0 radical (unpaired) electrons. The Morgan fingerprint density at radius 1 is 1.13 bits per heavy atom. The van der Waals surface area contributed by atoms with Gasteiger partial charge in [0.05, 0.1) is 36.5 Å². The van der Waals surface area contributed by atoms with E-state index in [1.165, 1.54) is 12.3 Å². The van der Waals surface area contributed by atoms with Crippen molar-refractivity contribution in [1.82, 2.24) is 15.0 Å². The number of hydrogen-bond donors (Lipinski definition) is 1. The maximum Gasteiger partial charge on any atom is 0.215 e. The van der Waals surface area contributed by atoms with Crippen LogP contribution in [0.25, 0.3) is 0 Å². The van der Waals surface area contributed by atoms with Gasteiger partial charge in [-0.25, -0.2) is 9.97 Å². The lowest BCUT2D eigenvalue weighted by molar-refractivity contribution is 0.122. The molecular weight excluding hydrogens is 451 g/mol. The first-order valence-corrected chi connectivity index (χ1v) is 10.3. The predicted octanol–water partition coefficient (Wildman–Crippen LogP) is 3.67. The molecule has 1 aliphatic heterocycles. The number of morpholine rings is 1. The molecule has 0 aliphatic carbocycles. The number of anilines is 2. The maximum atomic E-state index is 13.8. The van der Waals surface area contributed by atoms with Gasteiger partial charge in [0.1, 0.15) is 4.60 Å². The normalized spacial score (nSPS) is 14.6. The molecule has 3 aromatic rings. The molecule has 1 fully saturated rings. The molecule has 7 nitrogen and oxygen atoms in total. The fourth-order valence-corrected chi connectivity index (χ4v) is 3.53. The fourth-order valence-electron chi connectivity index (χ4n) is 3.16. The number of aromatic nitrogens is 3. The molecule has 1 saturated heterocycles. The van der Waals surface area contributed by atoms with E-state index >= 15 is 0 Å². The molecule has 1 N–H and O–H groups in total. The van der Waals surface area contributed by atoms with Crippen molar-refractivity contribution in [2.45, 2.75) is 6.42 Å². The molecule has 30 heavy (non-hydrogen) atoms. The Bertz CT molecular complexity index is 1030. The Kier molecular flexibility index (Phi) is 6.60. The second-order valence-corrected chi connectivity index (χ2v) is 7.47. The van der Waals surface area contributed by atoms with E-state index in [4.69, 9.17) is 4.74 Å². The van der Waals surface area contributed by atoms with Crippen LogP contribution in [-0.2, 0) is 11.2 Å². The van der Waals surface area contributed by atoms with Crippen molar-refractivity contribution in [2.75, 3.05) is 36.6 Å². The van der Waals surface area contributed by atoms with Crippen molar-refractivity contribution >= 4 is 33.0 Å². The van der Waals surface area contributed by atoms with Crippen LogP contribution in [0.15, 0.2) is 64.7 Å². The molecule has 154 valence electrons. The summed E-state index contributed by atoms with van der Waals surface area (Å²) in [4.78, 5) is 14.5.